The summed E-state index contributed by atoms with van der Waals surface area (Å²) in [5.41, 5.74) is 3.14. The van der Waals surface area contributed by atoms with E-state index in [0.717, 1.165) is 43.6 Å². The van der Waals surface area contributed by atoms with Crippen molar-refractivity contribution in [1.82, 2.24) is 24.9 Å². The van der Waals surface area contributed by atoms with Crippen molar-refractivity contribution in [2.45, 2.75) is 65.0 Å². The fraction of sp³-hybridized carbons (Fsp3) is 0.542. The van der Waals surface area contributed by atoms with Crippen molar-refractivity contribution in [1.29, 1.82) is 0 Å². The minimum atomic E-state index is 0.0926. The van der Waals surface area contributed by atoms with Crippen LogP contribution < -0.4 is 15.4 Å². The van der Waals surface area contributed by atoms with Crippen LogP contribution in [0.25, 0.3) is 5.65 Å². The maximum absolute atomic E-state index is 6.21. The van der Waals surface area contributed by atoms with Gasteiger partial charge >= 0.3 is 6.01 Å². The maximum Gasteiger partial charge on any atom is 0.322 e. The van der Waals surface area contributed by atoms with E-state index >= 15 is 0 Å². The molecule has 31 heavy (non-hydrogen) atoms. The third kappa shape index (κ3) is 5.15. The highest BCUT2D eigenvalue weighted by molar-refractivity contribution is 5.53. The fourth-order valence-electron chi connectivity index (χ4n) is 4.09. The molecule has 0 amide bonds. The molecule has 1 saturated heterocycles. The Morgan fingerprint density at radius 3 is 2.65 bits per heavy atom. The van der Waals surface area contributed by atoms with Crippen LogP contribution in [0.4, 0.5) is 5.95 Å². The second-order valence-corrected chi connectivity index (χ2v) is 9.14. The first-order valence-electron chi connectivity index (χ1n) is 11.5. The van der Waals surface area contributed by atoms with Gasteiger partial charge in [0.25, 0.3) is 0 Å². The van der Waals surface area contributed by atoms with Crippen molar-refractivity contribution in [3.05, 3.63) is 47.7 Å². The molecule has 2 aromatic heterocycles. The van der Waals surface area contributed by atoms with Crippen LogP contribution in [0.5, 0.6) is 6.01 Å². The number of ether oxygens (including phenoxy) is 1. The number of piperidine rings is 1. The summed E-state index contributed by atoms with van der Waals surface area (Å²) in [6.45, 7) is 10.7. The summed E-state index contributed by atoms with van der Waals surface area (Å²) in [6.07, 6.45) is 5.09. The van der Waals surface area contributed by atoms with E-state index in [9.17, 15) is 0 Å². The van der Waals surface area contributed by atoms with E-state index in [4.69, 9.17) is 14.7 Å². The highest BCUT2D eigenvalue weighted by Gasteiger charge is 2.22. The Morgan fingerprint density at radius 2 is 1.97 bits per heavy atom. The number of aromatic nitrogens is 4. The van der Waals surface area contributed by atoms with Gasteiger partial charge in [-0.3, -0.25) is 0 Å². The zero-order valence-electron chi connectivity index (χ0n) is 19.0. The lowest BCUT2D eigenvalue weighted by Gasteiger charge is -2.24. The van der Waals surface area contributed by atoms with Gasteiger partial charge in [0.2, 0.25) is 5.95 Å². The predicted octanol–water partition coefficient (Wildman–Crippen LogP) is 4.58. The van der Waals surface area contributed by atoms with Crippen molar-refractivity contribution < 1.29 is 4.74 Å². The van der Waals surface area contributed by atoms with E-state index in [1.54, 1.807) is 0 Å². The molecule has 0 aliphatic carbocycles. The maximum atomic E-state index is 6.21. The molecule has 7 nitrogen and oxygen atoms in total. The molecular formula is C24H34N6O. The van der Waals surface area contributed by atoms with Gasteiger partial charge in [-0.1, -0.05) is 58.0 Å². The van der Waals surface area contributed by atoms with E-state index in [1.807, 2.05) is 16.8 Å². The standard InChI is InChI=1S/C24H34N6O/c1-16(2)13-21(18-9-6-5-7-10-18)27-23-29-24(31-19-11-8-12-25-14-19)28-22-20(17(3)4)15-26-30(22)23/h5-7,9-10,15-17,19,21,25H,8,11-14H2,1-4H3,(H,27,28,29). The van der Waals surface area contributed by atoms with Crippen LogP contribution in [0.1, 0.15) is 70.0 Å². The summed E-state index contributed by atoms with van der Waals surface area (Å²) < 4.78 is 8.03. The molecule has 0 radical (unpaired) electrons. The summed E-state index contributed by atoms with van der Waals surface area (Å²) in [5.74, 6) is 1.51. The Kier molecular flexibility index (Phi) is 6.70. The molecule has 1 aromatic carbocycles. The Balaban J connectivity index is 1.71. The fourth-order valence-corrected chi connectivity index (χ4v) is 4.09. The SMILES string of the molecule is CC(C)CC(Nc1nc(OC2CCCNC2)nc2c(C(C)C)cnn12)c1ccccc1. The van der Waals surface area contributed by atoms with Gasteiger partial charge in [0.05, 0.1) is 12.2 Å². The van der Waals surface area contributed by atoms with E-state index in [0.29, 0.717) is 23.8 Å². The van der Waals surface area contributed by atoms with Crippen molar-refractivity contribution in [3.63, 3.8) is 0 Å². The van der Waals surface area contributed by atoms with Crippen LogP contribution >= 0.6 is 0 Å². The first-order valence-corrected chi connectivity index (χ1v) is 11.5. The van der Waals surface area contributed by atoms with Crippen LogP contribution in [0, 0.1) is 5.92 Å². The summed E-state index contributed by atoms with van der Waals surface area (Å²) in [7, 11) is 0. The molecule has 3 heterocycles. The van der Waals surface area contributed by atoms with Crippen LogP contribution in [0.15, 0.2) is 36.5 Å². The van der Waals surface area contributed by atoms with Crippen molar-refractivity contribution in [2.75, 3.05) is 18.4 Å². The van der Waals surface area contributed by atoms with Crippen molar-refractivity contribution in [2.24, 2.45) is 5.92 Å². The number of nitrogens with one attached hydrogen (secondary N) is 2. The van der Waals surface area contributed by atoms with Crippen molar-refractivity contribution >= 4 is 11.6 Å². The monoisotopic (exact) mass is 422 g/mol. The van der Waals surface area contributed by atoms with E-state index in [1.165, 1.54) is 5.56 Å². The molecule has 0 saturated carbocycles. The Hall–Kier alpha value is -2.67. The smallest absolute Gasteiger partial charge is 0.322 e. The third-order valence-electron chi connectivity index (χ3n) is 5.73. The second kappa shape index (κ2) is 9.64. The van der Waals surface area contributed by atoms with Gasteiger partial charge in [-0.25, -0.2) is 0 Å². The van der Waals surface area contributed by atoms with E-state index < -0.39 is 0 Å². The zero-order valence-corrected chi connectivity index (χ0v) is 19.0. The highest BCUT2D eigenvalue weighted by Crippen LogP contribution is 2.28. The Morgan fingerprint density at radius 1 is 1.16 bits per heavy atom. The number of fused-ring (bicyclic) bond motifs is 1. The summed E-state index contributed by atoms with van der Waals surface area (Å²) in [6, 6.07) is 11.1. The van der Waals surface area contributed by atoms with Crippen LogP contribution in [-0.2, 0) is 0 Å². The van der Waals surface area contributed by atoms with E-state index in [2.05, 4.69) is 67.7 Å². The third-order valence-corrected chi connectivity index (χ3v) is 5.73. The molecule has 7 heteroatoms. The lowest BCUT2D eigenvalue weighted by molar-refractivity contribution is 0.153. The summed E-state index contributed by atoms with van der Waals surface area (Å²) in [4.78, 5) is 9.52. The van der Waals surface area contributed by atoms with Gasteiger partial charge in [0.1, 0.15) is 6.10 Å². The van der Waals surface area contributed by atoms with Crippen LogP contribution in [0.3, 0.4) is 0 Å². The largest absolute Gasteiger partial charge is 0.459 e. The number of anilines is 1. The topological polar surface area (TPSA) is 76.4 Å². The first-order chi connectivity index (χ1) is 15.0. The molecule has 2 N–H and O–H groups in total. The molecule has 166 valence electrons. The minimum Gasteiger partial charge on any atom is -0.459 e. The normalized spacial score (nSPS) is 17.9. The average molecular weight is 423 g/mol. The molecule has 1 aliphatic heterocycles. The van der Waals surface area contributed by atoms with Crippen LogP contribution in [-0.4, -0.2) is 38.8 Å². The molecule has 1 aliphatic rings. The zero-order chi connectivity index (χ0) is 21.8. The second-order valence-electron chi connectivity index (χ2n) is 9.14. The Labute approximate surface area is 184 Å². The molecule has 2 atom stereocenters. The molecule has 0 bridgehead atoms. The molecule has 3 aromatic rings. The van der Waals surface area contributed by atoms with Gasteiger partial charge in [0, 0.05) is 12.1 Å². The Bertz CT molecular complexity index is 978. The summed E-state index contributed by atoms with van der Waals surface area (Å²) >= 11 is 0. The molecule has 4 rings (SSSR count). The number of hydrogen-bond acceptors (Lipinski definition) is 6. The minimum absolute atomic E-state index is 0.0926. The van der Waals surface area contributed by atoms with Gasteiger partial charge < -0.3 is 15.4 Å². The molecular weight excluding hydrogens is 388 g/mol. The van der Waals surface area contributed by atoms with Gasteiger partial charge in [-0.2, -0.15) is 19.6 Å². The average Bonchev–Trinajstić information content (AvgIpc) is 3.19. The molecule has 0 spiro atoms. The quantitative estimate of drug-likeness (QED) is 0.553. The van der Waals surface area contributed by atoms with Crippen molar-refractivity contribution in [3.8, 4) is 6.01 Å². The lowest BCUT2D eigenvalue weighted by atomic mass is 9.97. The number of hydrogen-bond donors (Lipinski definition) is 2. The lowest BCUT2D eigenvalue weighted by Crippen LogP contribution is -2.37. The highest BCUT2D eigenvalue weighted by atomic mass is 16.5. The first kappa shape index (κ1) is 21.6. The number of nitrogens with zero attached hydrogens (tertiary/aromatic N) is 4. The number of rotatable bonds is 8. The predicted molar refractivity (Wildman–Crippen MR) is 124 cm³/mol. The van der Waals surface area contributed by atoms with Gasteiger partial charge in [-0.15, -0.1) is 0 Å². The molecule has 2 unspecified atom stereocenters. The van der Waals surface area contributed by atoms with Gasteiger partial charge in [0.15, 0.2) is 5.65 Å². The van der Waals surface area contributed by atoms with Gasteiger partial charge in [-0.05, 0) is 43.2 Å². The van der Waals surface area contributed by atoms with E-state index in [-0.39, 0.29) is 12.1 Å². The summed E-state index contributed by atoms with van der Waals surface area (Å²) in [5, 5.41) is 11.7. The molecule has 1 fully saturated rings. The number of benzene rings is 1. The van der Waals surface area contributed by atoms with Crippen LogP contribution in [0.2, 0.25) is 0 Å².